The molecule has 0 saturated carbocycles. The minimum absolute atomic E-state index is 0.00817. The maximum atomic E-state index is 12.0. The molecule has 0 atom stereocenters. The number of nitrogens with zero attached hydrogens (tertiary/aromatic N) is 2. The Balaban J connectivity index is 2.19. The van der Waals surface area contributed by atoms with Crippen LogP contribution >= 0.6 is 15.9 Å². The van der Waals surface area contributed by atoms with Gasteiger partial charge in [-0.3, -0.25) is 9.69 Å². The second-order valence-electron chi connectivity index (χ2n) is 4.70. The number of aromatic nitrogens is 1. The molecule has 0 bridgehead atoms. The van der Waals surface area contributed by atoms with E-state index in [1.165, 1.54) is 0 Å². The Morgan fingerprint density at radius 2 is 2.05 bits per heavy atom. The number of carbonyl (C=O) groups excluding carboxylic acids is 1. The van der Waals surface area contributed by atoms with E-state index in [9.17, 15) is 4.79 Å². The monoisotopic (exact) mass is 328 g/mol. The molecule has 0 radical (unpaired) electrons. The Morgan fingerprint density at radius 1 is 1.25 bits per heavy atom. The van der Waals surface area contributed by atoms with Crippen molar-refractivity contribution in [2.75, 3.05) is 4.90 Å². The minimum Gasteiger partial charge on any atom is -0.292 e. The van der Waals surface area contributed by atoms with E-state index < -0.39 is 0 Å². The number of amides is 1. The Kier molecular flexibility index (Phi) is 3.40. The van der Waals surface area contributed by atoms with E-state index >= 15 is 0 Å². The Labute approximate surface area is 126 Å². The molecule has 0 N–H and O–H groups in total. The van der Waals surface area contributed by atoms with Gasteiger partial charge in [-0.25, -0.2) is 4.98 Å². The Hall–Kier alpha value is -1.94. The van der Waals surface area contributed by atoms with E-state index in [0.29, 0.717) is 12.4 Å². The first-order chi connectivity index (χ1) is 9.65. The fraction of sp³-hybridized carbons (Fsp3) is 0.125. The van der Waals surface area contributed by atoms with Crippen LogP contribution in [0.5, 0.6) is 0 Å². The van der Waals surface area contributed by atoms with Crippen molar-refractivity contribution in [1.82, 2.24) is 4.98 Å². The van der Waals surface area contributed by atoms with Gasteiger partial charge < -0.3 is 0 Å². The van der Waals surface area contributed by atoms with Crippen molar-refractivity contribution in [2.24, 2.45) is 0 Å². The standard InChI is InChI=1S/C16H13BrN2O/c1-11(20)19-10-14-9-15(17)7-6-12(14)4-5-13-3-2-8-18-16(13)19/h2-9H,10H2,1H3. The summed E-state index contributed by atoms with van der Waals surface area (Å²) in [5, 5.41) is 0. The van der Waals surface area contributed by atoms with E-state index in [4.69, 9.17) is 0 Å². The van der Waals surface area contributed by atoms with Crippen LogP contribution in [0.25, 0.3) is 12.2 Å². The summed E-state index contributed by atoms with van der Waals surface area (Å²) >= 11 is 3.48. The fourth-order valence-corrected chi connectivity index (χ4v) is 2.73. The number of hydrogen-bond donors (Lipinski definition) is 0. The van der Waals surface area contributed by atoms with Crippen molar-refractivity contribution in [3.63, 3.8) is 0 Å². The zero-order valence-corrected chi connectivity index (χ0v) is 12.6. The molecule has 0 fully saturated rings. The molecule has 100 valence electrons. The Bertz CT molecular complexity index is 709. The van der Waals surface area contributed by atoms with E-state index in [1.54, 1.807) is 18.0 Å². The number of anilines is 1. The van der Waals surface area contributed by atoms with Crippen LogP contribution in [0.2, 0.25) is 0 Å². The molecule has 0 spiro atoms. The molecule has 3 nitrogen and oxygen atoms in total. The van der Waals surface area contributed by atoms with Crippen molar-refractivity contribution in [3.05, 3.63) is 57.7 Å². The highest BCUT2D eigenvalue weighted by molar-refractivity contribution is 9.10. The van der Waals surface area contributed by atoms with Gasteiger partial charge in [0.2, 0.25) is 5.91 Å². The number of pyridine rings is 1. The van der Waals surface area contributed by atoms with Crippen LogP contribution in [0.15, 0.2) is 41.0 Å². The van der Waals surface area contributed by atoms with Gasteiger partial charge in [0.05, 0.1) is 6.54 Å². The second-order valence-corrected chi connectivity index (χ2v) is 5.61. The molecule has 0 saturated heterocycles. The normalized spacial score (nSPS) is 13.2. The van der Waals surface area contributed by atoms with Crippen LogP contribution in [-0.2, 0) is 11.3 Å². The molecule has 0 unspecified atom stereocenters. The van der Waals surface area contributed by atoms with Gasteiger partial charge in [-0.2, -0.15) is 0 Å². The topological polar surface area (TPSA) is 33.2 Å². The van der Waals surface area contributed by atoms with Crippen molar-refractivity contribution < 1.29 is 4.79 Å². The van der Waals surface area contributed by atoms with Crippen molar-refractivity contribution in [1.29, 1.82) is 0 Å². The van der Waals surface area contributed by atoms with Crippen LogP contribution in [0, 0.1) is 0 Å². The van der Waals surface area contributed by atoms with Gasteiger partial charge in [-0.1, -0.05) is 34.1 Å². The third-order valence-corrected chi connectivity index (χ3v) is 3.82. The molecule has 2 heterocycles. The maximum absolute atomic E-state index is 12.0. The van der Waals surface area contributed by atoms with E-state index in [0.717, 1.165) is 21.2 Å². The van der Waals surface area contributed by atoms with Gasteiger partial charge in [0.25, 0.3) is 0 Å². The summed E-state index contributed by atoms with van der Waals surface area (Å²) in [5.41, 5.74) is 3.17. The van der Waals surface area contributed by atoms with E-state index in [2.05, 4.69) is 33.1 Å². The largest absolute Gasteiger partial charge is 0.292 e. The van der Waals surface area contributed by atoms with Gasteiger partial charge in [-0.15, -0.1) is 0 Å². The highest BCUT2D eigenvalue weighted by Gasteiger charge is 2.19. The lowest BCUT2D eigenvalue weighted by Crippen LogP contribution is -2.30. The van der Waals surface area contributed by atoms with Crippen LogP contribution in [0.1, 0.15) is 23.6 Å². The summed E-state index contributed by atoms with van der Waals surface area (Å²) in [6, 6.07) is 9.95. The van der Waals surface area contributed by atoms with Crippen LogP contribution in [0.4, 0.5) is 5.82 Å². The molecular formula is C16H13BrN2O. The molecule has 4 heteroatoms. The molecule has 1 amide bonds. The fourth-order valence-electron chi connectivity index (χ4n) is 2.32. The number of hydrogen-bond acceptors (Lipinski definition) is 2. The summed E-state index contributed by atoms with van der Waals surface area (Å²) in [6.45, 7) is 2.10. The molecular weight excluding hydrogens is 316 g/mol. The molecule has 0 aliphatic carbocycles. The maximum Gasteiger partial charge on any atom is 0.225 e. The third-order valence-electron chi connectivity index (χ3n) is 3.33. The predicted molar refractivity (Wildman–Crippen MR) is 84.2 cm³/mol. The molecule has 1 aliphatic heterocycles. The molecule has 1 aliphatic rings. The first-order valence-corrected chi connectivity index (χ1v) is 7.14. The zero-order valence-electron chi connectivity index (χ0n) is 11.0. The highest BCUT2D eigenvalue weighted by Crippen LogP contribution is 2.28. The van der Waals surface area contributed by atoms with Gasteiger partial charge in [0.15, 0.2) is 0 Å². The van der Waals surface area contributed by atoms with Gasteiger partial charge in [0.1, 0.15) is 5.82 Å². The number of benzene rings is 1. The summed E-state index contributed by atoms with van der Waals surface area (Å²) in [4.78, 5) is 18.0. The summed E-state index contributed by atoms with van der Waals surface area (Å²) < 4.78 is 1.01. The lowest BCUT2D eigenvalue weighted by molar-refractivity contribution is -0.116. The SMILES string of the molecule is CC(=O)N1Cc2cc(Br)ccc2C=Cc2cccnc21. The first kappa shape index (κ1) is 13.1. The average molecular weight is 329 g/mol. The van der Waals surface area contributed by atoms with Crippen LogP contribution in [-0.4, -0.2) is 10.9 Å². The van der Waals surface area contributed by atoms with Gasteiger partial charge in [-0.05, 0) is 35.4 Å². The highest BCUT2D eigenvalue weighted by atomic mass is 79.9. The average Bonchev–Trinajstić information content (AvgIpc) is 2.41. The quantitative estimate of drug-likeness (QED) is 0.735. The summed E-state index contributed by atoms with van der Waals surface area (Å²) in [5.74, 6) is 0.702. The molecule has 20 heavy (non-hydrogen) atoms. The van der Waals surface area contributed by atoms with Crippen molar-refractivity contribution in [3.8, 4) is 0 Å². The first-order valence-electron chi connectivity index (χ1n) is 6.35. The predicted octanol–water partition coefficient (Wildman–Crippen LogP) is 3.88. The van der Waals surface area contributed by atoms with Gasteiger partial charge in [0, 0.05) is 23.2 Å². The van der Waals surface area contributed by atoms with Crippen LogP contribution < -0.4 is 4.90 Å². The molecule has 1 aromatic carbocycles. The van der Waals surface area contributed by atoms with Gasteiger partial charge >= 0.3 is 0 Å². The Morgan fingerprint density at radius 3 is 2.85 bits per heavy atom. The molecule has 1 aromatic heterocycles. The van der Waals surface area contributed by atoms with E-state index in [-0.39, 0.29) is 5.91 Å². The zero-order chi connectivity index (χ0) is 14.1. The summed E-state index contributed by atoms with van der Waals surface area (Å²) in [6.07, 6.45) is 5.79. The lowest BCUT2D eigenvalue weighted by Gasteiger charge is -2.24. The third kappa shape index (κ3) is 2.39. The second kappa shape index (κ2) is 5.21. The summed E-state index contributed by atoms with van der Waals surface area (Å²) in [7, 11) is 0. The minimum atomic E-state index is -0.00817. The van der Waals surface area contributed by atoms with Crippen molar-refractivity contribution in [2.45, 2.75) is 13.5 Å². The number of halogens is 1. The van der Waals surface area contributed by atoms with Crippen molar-refractivity contribution >= 4 is 39.8 Å². The van der Waals surface area contributed by atoms with E-state index in [1.807, 2.05) is 30.3 Å². The number of carbonyl (C=O) groups is 1. The van der Waals surface area contributed by atoms with Crippen LogP contribution in [0.3, 0.4) is 0 Å². The molecule has 2 aromatic rings. The smallest absolute Gasteiger partial charge is 0.225 e. The number of fused-ring (bicyclic) bond motifs is 2. The number of rotatable bonds is 0. The molecule has 3 rings (SSSR count). The lowest BCUT2D eigenvalue weighted by atomic mass is 10.0.